The van der Waals surface area contributed by atoms with Gasteiger partial charge in [0.25, 0.3) is 0 Å². The number of fused-ring (bicyclic) bond motifs is 1. The first-order valence-corrected chi connectivity index (χ1v) is 9.82. The number of benzene rings is 2. The lowest BCUT2D eigenvalue weighted by Crippen LogP contribution is -2.33. The third-order valence-electron chi connectivity index (χ3n) is 5.40. The topological polar surface area (TPSA) is 46.6 Å². The molecule has 1 saturated heterocycles. The molecule has 0 radical (unpaired) electrons. The molecule has 0 amide bonds. The van der Waals surface area contributed by atoms with Gasteiger partial charge < -0.3 is 14.8 Å². The van der Waals surface area contributed by atoms with Gasteiger partial charge in [0.2, 0.25) is 0 Å². The molecule has 146 valence electrons. The summed E-state index contributed by atoms with van der Waals surface area (Å²) in [6, 6.07) is 16.7. The summed E-state index contributed by atoms with van der Waals surface area (Å²) in [6.07, 6.45) is 3.12. The Labute approximate surface area is 166 Å². The lowest BCUT2D eigenvalue weighted by molar-refractivity contribution is 0.234. The molecule has 1 aromatic heterocycles. The minimum atomic E-state index is 0.0575. The zero-order valence-corrected chi connectivity index (χ0v) is 16.5. The minimum absolute atomic E-state index is 0.0575. The van der Waals surface area contributed by atoms with E-state index in [-0.39, 0.29) is 6.04 Å². The number of rotatable bonds is 5. The van der Waals surface area contributed by atoms with Gasteiger partial charge >= 0.3 is 0 Å². The van der Waals surface area contributed by atoms with Crippen molar-refractivity contribution in [3.8, 4) is 11.5 Å². The summed E-state index contributed by atoms with van der Waals surface area (Å²) in [4.78, 5) is 7.25. The van der Waals surface area contributed by atoms with E-state index in [1.54, 1.807) is 14.2 Å². The van der Waals surface area contributed by atoms with Gasteiger partial charge in [0.1, 0.15) is 0 Å². The van der Waals surface area contributed by atoms with Crippen molar-refractivity contribution in [1.82, 2.24) is 15.2 Å². The lowest BCUT2D eigenvalue weighted by Gasteiger charge is -2.32. The molecule has 2 aromatic carbocycles. The van der Waals surface area contributed by atoms with E-state index in [4.69, 9.17) is 14.5 Å². The van der Waals surface area contributed by atoms with E-state index in [0.29, 0.717) is 0 Å². The molecule has 1 N–H and O–H groups in total. The van der Waals surface area contributed by atoms with Gasteiger partial charge in [-0.2, -0.15) is 0 Å². The van der Waals surface area contributed by atoms with E-state index in [1.165, 1.54) is 5.56 Å². The molecule has 1 atom stereocenters. The highest BCUT2D eigenvalue weighted by atomic mass is 16.5. The summed E-state index contributed by atoms with van der Waals surface area (Å²) >= 11 is 0. The van der Waals surface area contributed by atoms with E-state index in [9.17, 15) is 0 Å². The van der Waals surface area contributed by atoms with Crippen molar-refractivity contribution in [3.63, 3.8) is 0 Å². The molecule has 1 aliphatic rings. The number of hydrogen-bond donors (Lipinski definition) is 1. The van der Waals surface area contributed by atoms with Crippen LogP contribution in [0.5, 0.6) is 11.5 Å². The fourth-order valence-corrected chi connectivity index (χ4v) is 4.08. The van der Waals surface area contributed by atoms with Crippen LogP contribution >= 0.6 is 0 Å². The average Bonchev–Trinajstić information content (AvgIpc) is 3.03. The first-order valence-electron chi connectivity index (χ1n) is 9.82. The van der Waals surface area contributed by atoms with E-state index in [2.05, 4.69) is 40.5 Å². The van der Waals surface area contributed by atoms with Gasteiger partial charge in [0.15, 0.2) is 11.5 Å². The Balaban J connectivity index is 1.86. The highest BCUT2D eigenvalue weighted by molar-refractivity contribution is 5.79. The first kappa shape index (κ1) is 18.7. The number of para-hydroxylation sites is 2. The van der Waals surface area contributed by atoms with Crippen LogP contribution in [0.4, 0.5) is 0 Å². The van der Waals surface area contributed by atoms with Crippen LogP contribution in [0.15, 0.2) is 54.7 Å². The number of hydrogen-bond acceptors (Lipinski definition) is 5. The summed E-state index contributed by atoms with van der Waals surface area (Å²) in [5.41, 5.74) is 3.30. The summed E-state index contributed by atoms with van der Waals surface area (Å²) in [7, 11) is 3.39. The van der Waals surface area contributed by atoms with Crippen LogP contribution in [0, 0.1) is 0 Å². The number of nitrogens with zero attached hydrogens (tertiary/aromatic N) is 2. The number of nitrogens with one attached hydrogen (secondary N) is 1. The Morgan fingerprint density at radius 1 is 1.00 bits per heavy atom. The second-order valence-electron chi connectivity index (χ2n) is 7.09. The third kappa shape index (κ3) is 3.68. The molecule has 1 aliphatic heterocycles. The van der Waals surface area contributed by atoms with E-state index < -0.39 is 0 Å². The van der Waals surface area contributed by atoms with E-state index in [0.717, 1.165) is 60.6 Å². The van der Waals surface area contributed by atoms with Crippen molar-refractivity contribution in [2.45, 2.75) is 12.5 Å². The van der Waals surface area contributed by atoms with Gasteiger partial charge in [-0.05, 0) is 36.7 Å². The molecule has 0 saturated carbocycles. The Morgan fingerprint density at radius 2 is 1.89 bits per heavy atom. The molecule has 28 heavy (non-hydrogen) atoms. The van der Waals surface area contributed by atoms with Gasteiger partial charge in [-0.25, -0.2) is 0 Å². The van der Waals surface area contributed by atoms with Crippen molar-refractivity contribution < 1.29 is 9.47 Å². The maximum Gasteiger partial charge on any atom is 0.165 e. The van der Waals surface area contributed by atoms with Gasteiger partial charge in [0, 0.05) is 36.8 Å². The van der Waals surface area contributed by atoms with Crippen molar-refractivity contribution in [2.75, 3.05) is 40.4 Å². The summed E-state index contributed by atoms with van der Waals surface area (Å²) in [5.74, 6) is 1.55. The van der Waals surface area contributed by atoms with Crippen LogP contribution in [0.1, 0.15) is 23.6 Å². The van der Waals surface area contributed by atoms with E-state index >= 15 is 0 Å². The molecular weight excluding hydrogens is 350 g/mol. The molecule has 0 bridgehead atoms. The number of aromatic nitrogens is 1. The molecule has 2 heterocycles. The quantitative estimate of drug-likeness (QED) is 0.736. The molecular formula is C23H27N3O2. The monoisotopic (exact) mass is 377 g/mol. The van der Waals surface area contributed by atoms with E-state index in [1.807, 2.05) is 24.4 Å². The fourth-order valence-electron chi connectivity index (χ4n) is 4.08. The van der Waals surface area contributed by atoms with Crippen LogP contribution in [-0.2, 0) is 0 Å². The van der Waals surface area contributed by atoms with Crippen LogP contribution in [-0.4, -0.2) is 50.3 Å². The summed E-state index contributed by atoms with van der Waals surface area (Å²) in [6.45, 7) is 4.01. The highest BCUT2D eigenvalue weighted by Gasteiger charge is 2.28. The number of ether oxygens (including phenoxy) is 2. The molecule has 5 heteroatoms. The van der Waals surface area contributed by atoms with Crippen LogP contribution in [0.3, 0.4) is 0 Å². The Hall–Kier alpha value is -2.63. The molecule has 5 nitrogen and oxygen atoms in total. The second kappa shape index (κ2) is 8.59. The Bertz CT molecular complexity index is 936. The second-order valence-corrected chi connectivity index (χ2v) is 7.09. The first-order chi connectivity index (χ1) is 13.8. The summed E-state index contributed by atoms with van der Waals surface area (Å²) in [5, 5.41) is 4.66. The van der Waals surface area contributed by atoms with Crippen molar-refractivity contribution in [3.05, 3.63) is 65.9 Å². The molecule has 0 spiro atoms. The maximum absolute atomic E-state index is 5.79. The van der Waals surface area contributed by atoms with Gasteiger partial charge in [0.05, 0.1) is 25.8 Å². The normalized spacial score (nSPS) is 16.5. The van der Waals surface area contributed by atoms with Gasteiger partial charge in [-0.1, -0.05) is 30.3 Å². The fraction of sp³-hybridized carbons (Fsp3) is 0.348. The zero-order valence-electron chi connectivity index (χ0n) is 16.5. The maximum atomic E-state index is 5.79. The van der Waals surface area contributed by atoms with Crippen molar-refractivity contribution >= 4 is 10.9 Å². The standard InChI is InChI=1S/C23H27N3O2/c1-27-21-10-5-8-19(23(21)28-2)22(26-13-6-11-24-12-14-26)18-15-17-7-3-4-9-20(17)25-16-18/h3-5,7-10,15-16,22,24H,6,11-14H2,1-2H3. The van der Waals surface area contributed by atoms with Crippen molar-refractivity contribution in [1.29, 1.82) is 0 Å². The van der Waals surface area contributed by atoms with Crippen LogP contribution in [0.2, 0.25) is 0 Å². The van der Waals surface area contributed by atoms with Crippen LogP contribution in [0.25, 0.3) is 10.9 Å². The number of pyridine rings is 1. The molecule has 3 aromatic rings. The number of methoxy groups -OCH3 is 2. The largest absolute Gasteiger partial charge is 0.493 e. The SMILES string of the molecule is COc1cccc(C(c2cnc3ccccc3c2)N2CCCNCC2)c1OC. The smallest absolute Gasteiger partial charge is 0.165 e. The average molecular weight is 377 g/mol. The highest BCUT2D eigenvalue weighted by Crippen LogP contribution is 2.40. The summed E-state index contributed by atoms with van der Waals surface area (Å²) < 4.78 is 11.4. The molecule has 1 unspecified atom stereocenters. The predicted molar refractivity (Wildman–Crippen MR) is 112 cm³/mol. The van der Waals surface area contributed by atoms with Crippen LogP contribution < -0.4 is 14.8 Å². The third-order valence-corrected chi connectivity index (χ3v) is 5.40. The Morgan fingerprint density at radius 3 is 2.75 bits per heavy atom. The predicted octanol–water partition coefficient (Wildman–Crippen LogP) is 3.64. The zero-order chi connectivity index (χ0) is 19.3. The molecule has 4 rings (SSSR count). The Kier molecular flexibility index (Phi) is 5.74. The van der Waals surface area contributed by atoms with Crippen molar-refractivity contribution in [2.24, 2.45) is 0 Å². The molecule has 0 aliphatic carbocycles. The van der Waals surface area contributed by atoms with Gasteiger partial charge in [-0.3, -0.25) is 9.88 Å². The minimum Gasteiger partial charge on any atom is -0.493 e. The lowest BCUT2D eigenvalue weighted by atomic mass is 9.95. The van der Waals surface area contributed by atoms with Gasteiger partial charge in [-0.15, -0.1) is 0 Å². The molecule has 1 fully saturated rings.